The number of carboxylic acid groups (broad SMARTS) is 1. The van der Waals surface area contributed by atoms with E-state index in [9.17, 15) is 9.59 Å². The lowest BCUT2D eigenvalue weighted by molar-refractivity contribution is -0.146. The van der Waals surface area contributed by atoms with Gasteiger partial charge in [-0.05, 0) is 12.1 Å². The molecule has 3 N–H and O–H groups in total. The van der Waals surface area contributed by atoms with Crippen LogP contribution in [-0.4, -0.2) is 40.5 Å². The monoisotopic (exact) mass is 294 g/mol. The van der Waals surface area contributed by atoms with Gasteiger partial charge in [0, 0.05) is 17.9 Å². The van der Waals surface area contributed by atoms with Crippen LogP contribution >= 0.6 is 11.8 Å². The highest BCUT2D eigenvalue weighted by atomic mass is 32.2. The third-order valence-corrected chi connectivity index (χ3v) is 3.35. The number of hydrogen-bond donors (Lipinski definition) is 3. The molecular formula is C13H14N2O4S. The van der Waals surface area contributed by atoms with Crippen molar-refractivity contribution in [1.29, 1.82) is 5.26 Å². The van der Waals surface area contributed by atoms with Crippen molar-refractivity contribution in [2.24, 2.45) is 0 Å². The van der Waals surface area contributed by atoms with Crippen LogP contribution in [0.5, 0.6) is 0 Å². The minimum Gasteiger partial charge on any atom is -0.479 e. The number of nitrogens with zero attached hydrogens (tertiary/aromatic N) is 1. The molecule has 0 aromatic heterocycles. The largest absolute Gasteiger partial charge is 0.479 e. The zero-order valence-corrected chi connectivity index (χ0v) is 11.4. The summed E-state index contributed by atoms with van der Waals surface area (Å²) in [6.07, 6.45) is -1.55. The van der Waals surface area contributed by atoms with Gasteiger partial charge in [0.1, 0.15) is 0 Å². The topological polar surface area (TPSA) is 110 Å². The molecule has 0 fully saturated rings. The van der Waals surface area contributed by atoms with Gasteiger partial charge in [-0.25, -0.2) is 4.79 Å². The zero-order valence-electron chi connectivity index (χ0n) is 10.6. The zero-order chi connectivity index (χ0) is 15.0. The minimum absolute atomic E-state index is 0.0591. The summed E-state index contributed by atoms with van der Waals surface area (Å²) in [5.74, 6) is -1.44. The number of aliphatic hydroxyl groups excluding tert-OH is 1. The van der Waals surface area contributed by atoms with Crippen molar-refractivity contribution in [3.8, 4) is 6.07 Å². The summed E-state index contributed by atoms with van der Waals surface area (Å²) in [4.78, 5) is 23.0. The number of rotatable bonds is 7. The summed E-state index contributed by atoms with van der Waals surface area (Å²) in [6.45, 7) is 0.0591. The Bertz CT molecular complexity index is 527. The third-order valence-electron chi connectivity index (χ3n) is 2.41. The molecule has 0 spiro atoms. The molecule has 1 rings (SSSR count). The smallest absolute Gasteiger partial charge is 0.332 e. The van der Waals surface area contributed by atoms with Crippen LogP contribution in [0.15, 0.2) is 29.2 Å². The van der Waals surface area contributed by atoms with Crippen molar-refractivity contribution >= 4 is 23.6 Å². The second kappa shape index (κ2) is 8.19. The maximum Gasteiger partial charge on any atom is 0.332 e. The normalized spacial score (nSPS) is 11.4. The van der Waals surface area contributed by atoms with Crippen LogP contribution in [0.2, 0.25) is 0 Å². The third kappa shape index (κ3) is 4.91. The fourth-order valence-electron chi connectivity index (χ4n) is 1.43. The van der Waals surface area contributed by atoms with Gasteiger partial charge in [-0.3, -0.25) is 4.79 Å². The first-order chi connectivity index (χ1) is 9.56. The van der Waals surface area contributed by atoms with E-state index in [0.29, 0.717) is 10.5 Å². The minimum atomic E-state index is -1.49. The Morgan fingerprint density at radius 1 is 1.40 bits per heavy atom. The van der Waals surface area contributed by atoms with Crippen LogP contribution in [0.3, 0.4) is 0 Å². The summed E-state index contributed by atoms with van der Waals surface area (Å²) in [5.41, 5.74) is 0.428. The van der Waals surface area contributed by atoms with Gasteiger partial charge in [-0.1, -0.05) is 12.1 Å². The van der Waals surface area contributed by atoms with Gasteiger partial charge in [0.2, 0.25) is 0 Å². The molecule has 1 aromatic rings. The second-order valence-corrected chi connectivity index (χ2v) is 4.86. The number of aliphatic carboxylic acids is 1. The number of nitrogens with one attached hydrogen (secondary N) is 1. The van der Waals surface area contributed by atoms with Gasteiger partial charge >= 0.3 is 5.97 Å². The van der Waals surface area contributed by atoms with E-state index in [2.05, 4.69) is 5.32 Å². The quantitative estimate of drug-likeness (QED) is 0.643. The van der Waals surface area contributed by atoms with Gasteiger partial charge in [-0.2, -0.15) is 5.26 Å². The lowest BCUT2D eigenvalue weighted by atomic mass is 10.2. The number of benzene rings is 1. The van der Waals surface area contributed by atoms with Crippen LogP contribution in [0.4, 0.5) is 0 Å². The highest BCUT2D eigenvalue weighted by Crippen LogP contribution is 2.22. The van der Waals surface area contributed by atoms with Crippen molar-refractivity contribution in [3.05, 3.63) is 29.8 Å². The Balaban J connectivity index is 2.59. The first kappa shape index (κ1) is 16.0. The fourth-order valence-corrected chi connectivity index (χ4v) is 2.14. The summed E-state index contributed by atoms with van der Waals surface area (Å²) >= 11 is 1.25. The maximum atomic E-state index is 11.9. The average molecular weight is 294 g/mol. The number of carbonyl (C=O) groups is 2. The van der Waals surface area contributed by atoms with E-state index in [4.69, 9.17) is 15.5 Å². The Morgan fingerprint density at radius 3 is 2.75 bits per heavy atom. The molecule has 1 atom stereocenters. The molecular weight excluding hydrogens is 280 g/mol. The molecule has 6 nitrogen and oxygen atoms in total. The highest BCUT2D eigenvalue weighted by Gasteiger charge is 2.14. The number of hydrogen-bond acceptors (Lipinski definition) is 5. The lowest BCUT2D eigenvalue weighted by Crippen LogP contribution is -2.30. The molecule has 20 heavy (non-hydrogen) atoms. The summed E-state index contributed by atoms with van der Waals surface area (Å²) in [6, 6.07) is 8.83. The molecule has 0 aliphatic rings. The molecule has 1 amide bonds. The number of amides is 1. The summed E-state index contributed by atoms with van der Waals surface area (Å²) < 4.78 is 0. The number of carbonyl (C=O) groups excluding carboxylic acids is 1. The fraction of sp³-hybridized carbons (Fsp3) is 0.308. The van der Waals surface area contributed by atoms with E-state index < -0.39 is 12.1 Å². The Labute approximate surface area is 120 Å². The van der Waals surface area contributed by atoms with E-state index in [0.717, 1.165) is 0 Å². The highest BCUT2D eigenvalue weighted by molar-refractivity contribution is 7.99. The van der Waals surface area contributed by atoms with Crippen molar-refractivity contribution in [1.82, 2.24) is 5.32 Å². The molecule has 0 radical (unpaired) electrons. The summed E-state index contributed by atoms with van der Waals surface area (Å²) in [7, 11) is 0. The van der Waals surface area contributed by atoms with Crippen LogP contribution < -0.4 is 5.32 Å². The molecule has 0 bridgehead atoms. The van der Waals surface area contributed by atoms with E-state index in [1.54, 1.807) is 24.3 Å². The molecule has 7 heteroatoms. The number of carboxylic acids is 1. The van der Waals surface area contributed by atoms with Gasteiger partial charge in [0.25, 0.3) is 5.91 Å². The molecule has 1 aromatic carbocycles. The SMILES string of the molecule is N#CCSc1ccccc1C(=O)NCCC(O)C(=O)O. The number of aliphatic hydroxyl groups is 1. The van der Waals surface area contributed by atoms with Crippen LogP contribution in [-0.2, 0) is 4.79 Å². The second-order valence-electron chi connectivity index (χ2n) is 3.84. The lowest BCUT2D eigenvalue weighted by Gasteiger charge is -2.10. The van der Waals surface area contributed by atoms with E-state index in [1.165, 1.54) is 11.8 Å². The first-order valence-electron chi connectivity index (χ1n) is 5.84. The van der Waals surface area contributed by atoms with Crippen LogP contribution in [0, 0.1) is 11.3 Å². The van der Waals surface area contributed by atoms with E-state index in [-0.39, 0.29) is 24.6 Å². The average Bonchev–Trinajstić information content (AvgIpc) is 2.45. The molecule has 1 unspecified atom stereocenters. The molecule has 0 saturated carbocycles. The van der Waals surface area contributed by atoms with Crippen LogP contribution in [0.25, 0.3) is 0 Å². The van der Waals surface area contributed by atoms with Crippen molar-refractivity contribution in [3.63, 3.8) is 0 Å². The Hall–Kier alpha value is -2.04. The van der Waals surface area contributed by atoms with Crippen LogP contribution in [0.1, 0.15) is 16.8 Å². The molecule has 0 aliphatic heterocycles. The molecule has 0 saturated heterocycles. The predicted molar refractivity (Wildman–Crippen MR) is 73.4 cm³/mol. The predicted octanol–water partition coefficient (Wildman–Crippen LogP) is 0.868. The van der Waals surface area contributed by atoms with E-state index >= 15 is 0 Å². The van der Waals surface area contributed by atoms with Gasteiger partial charge < -0.3 is 15.5 Å². The van der Waals surface area contributed by atoms with Gasteiger partial charge in [0.05, 0.1) is 17.4 Å². The van der Waals surface area contributed by atoms with Gasteiger partial charge in [0.15, 0.2) is 6.10 Å². The molecule has 106 valence electrons. The molecule has 0 heterocycles. The number of thioether (sulfide) groups is 1. The van der Waals surface area contributed by atoms with Crippen molar-refractivity contribution < 1.29 is 19.8 Å². The Morgan fingerprint density at radius 2 is 2.10 bits per heavy atom. The van der Waals surface area contributed by atoms with Gasteiger partial charge in [-0.15, -0.1) is 11.8 Å². The molecule has 0 aliphatic carbocycles. The number of nitriles is 1. The van der Waals surface area contributed by atoms with Crippen molar-refractivity contribution in [2.75, 3.05) is 12.3 Å². The van der Waals surface area contributed by atoms with Crippen molar-refractivity contribution in [2.45, 2.75) is 17.4 Å². The first-order valence-corrected chi connectivity index (χ1v) is 6.82. The summed E-state index contributed by atoms with van der Waals surface area (Å²) in [5, 5.41) is 28.7. The maximum absolute atomic E-state index is 11.9. The standard InChI is InChI=1S/C13H14N2O4S/c14-6-8-20-11-4-2-1-3-9(11)12(17)15-7-5-10(16)13(18)19/h1-4,10,16H,5,7-8H2,(H,15,17)(H,18,19). The Kier molecular flexibility index (Phi) is 6.56. The van der Waals surface area contributed by atoms with E-state index in [1.807, 2.05) is 6.07 Å².